The van der Waals surface area contributed by atoms with Crippen molar-refractivity contribution in [2.45, 2.75) is 20.5 Å². The second kappa shape index (κ2) is 5.51. The molecule has 1 atom stereocenters. The molecule has 0 aliphatic heterocycles. The Hall–Kier alpha value is -1.55. The van der Waals surface area contributed by atoms with Crippen LogP contribution in [0.2, 0.25) is 0 Å². The third-order valence-corrected chi connectivity index (χ3v) is 2.43. The number of carbonyl (C=O) groups is 1. The molecule has 0 spiro atoms. The number of aliphatic hydroxyl groups is 1. The van der Waals surface area contributed by atoms with Gasteiger partial charge in [-0.1, -0.05) is 25.1 Å². The predicted octanol–water partition coefficient (Wildman–Crippen LogP) is 0.988. The highest BCUT2D eigenvalue weighted by Gasteiger charge is 2.12. The molecule has 4 heteroatoms. The number of hydrogen-bond donors (Lipinski definition) is 2. The molecule has 16 heavy (non-hydrogen) atoms. The Labute approximate surface area is 95.0 Å². The zero-order chi connectivity index (χ0) is 12.1. The van der Waals surface area contributed by atoms with Gasteiger partial charge in [0.1, 0.15) is 5.75 Å². The summed E-state index contributed by atoms with van der Waals surface area (Å²) in [5.74, 6) is -0.0941. The highest BCUT2D eigenvalue weighted by molar-refractivity contribution is 5.76. The maximum absolute atomic E-state index is 10.9. The van der Waals surface area contributed by atoms with Crippen LogP contribution in [-0.2, 0) is 11.4 Å². The van der Waals surface area contributed by atoms with Crippen molar-refractivity contribution < 1.29 is 14.6 Å². The number of aryl methyl sites for hydroxylation is 1. The molecule has 1 aromatic carbocycles. The summed E-state index contributed by atoms with van der Waals surface area (Å²) in [4.78, 5) is 10.9. The first-order chi connectivity index (χ1) is 7.56. The lowest BCUT2D eigenvalue weighted by Gasteiger charge is -2.14. The molecule has 4 nitrogen and oxygen atoms in total. The van der Waals surface area contributed by atoms with E-state index in [1.165, 1.54) is 0 Å². The number of hydrogen-bond acceptors (Lipinski definition) is 3. The van der Waals surface area contributed by atoms with Crippen LogP contribution in [0.1, 0.15) is 18.1 Å². The lowest BCUT2D eigenvalue weighted by molar-refractivity contribution is -0.122. The molecule has 0 aliphatic carbocycles. The quantitative estimate of drug-likeness (QED) is 0.781. The number of nitrogens with two attached hydrogens (primary N) is 1. The first-order valence-electron chi connectivity index (χ1n) is 5.17. The van der Waals surface area contributed by atoms with Crippen molar-refractivity contribution in [3.63, 3.8) is 0 Å². The van der Waals surface area contributed by atoms with Gasteiger partial charge < -0.3 is 15.6 Å². The van der Waals surface area contributed by atoms with Crippen LogP contribution in [0.4, 0.5) is 0 Å². The largest absolute Gasteiger partial charge is 0.492 e. The summed E-state index contributed by atoms with van der Waals surface area (Å²) in [5, 5.41) is 9.15. The van der Waals surface area contributed by atoms with Gasteiger partial charge in [0, 0.05) is 5.56 Å². The molecule has 0 radical (unpaired) electrons. The number of aliphatic hydroxyl groups excluding tert-OH is 1. The molecule has 0 bridgehead atoms. The number of ether oxygens (including phenoxy) is 1. The van der Waals surface area contributed by atoms with Gasteiger partial charge in [0.15, 0.2) is 0 Å². The van der Waals surface area contributed by atoms with Crippen LogP contribution in [0, 0.1) is 12.8 Å². The third-order valence-electron chi connectivity index (χ3n) is 2.43. The van der Waals surface area contributed by atoms with E-state index in [0.717, 1.165) is 11.1 Å². The van der Waals surface area contributed by atoms with Crippen LogP contribution in [0.5, 0.6) is 5.75 Å². The van der Waals surface area contributed by atoms with Gasteiger partial charge in [0.05, 0.1) is 19.1 Å². The number of benzene rings is 1. The third kappa shape index (κ3) is 2.97. The van der Waals surface area contributed by atoms with Crippen LogP contribution in [0.3, 0.4) is 0 Å². The van der Waals surface area contributed by atoms with E-state index in [2.05, 4.69) is 0 Å². The van der Waals surface area contributed by atoms with Crippen molar-refractivity contribution in [1.29, 1.82) is 0 Å². The molecule has 0 heterocycles. The Morgan fingerprint density at radius 3 is 2.81 bits per heavy atom. The summed E-state index contributed by atoms with van der Waals surface area (Å²) in [7, 11) is 0. The smallest absolute Gasteiger partial charge is 0.223 e. The average molecular weight is 223 g/mol. The lowest BCUT2D eigenvalue weighted by Crippen LogP contribution is -2.26. The minimum Gasteiger partial charge on any atom is -0.492 e. The molecular weight excluding hydrogens is 206 g/mol. The van der Waals surface area contributed by atoms with Crippen LogP contribution in [0.15, 0.2) is 18.2 Å². The Balaban J connectivity index is 2.76. The van der Waals surface area contributed by atoms with Gasteiger partial charge in [-0.15, -0.1) is 0 Å². The average Bonchev–Trinajstić information content (AvgIpc) is 2.26. The van der Waals surface area contributed by atoms with Gasteiger partial charge in [-0.05, 0) is 12.5 Å². The van der Waals surface area contributed by atoms with Crippen molar-refractivity contribution in [3.8, 4) is 5.75 Å². The minimum atomic E-state index is -0.390. The first-order valence-corrected chi connectivity index (χ1v) is 5.17. The minimum absolute atomic E-state index is 0.0814. The fourth-order valence-corrected chi connectivity index (χ4v) is 1.33. The van der Waals surface area contributed by atoms with Gasteiger partial charge in [-0.2, -0.15) is 0 Å². The van der Waals surface area contributed by atoms with Crippen LogP contribution >= 0.6 is 0 Å². The lowest BCUT2D eigenvalue weighted by atomic mass is 10.1. The van der Waals surface area contributed by atoms with E-state index in [-0.39, 0.29) is 25.0 Å². The first kappa shape index (κ1) is 12.5. The molecule has 88 valence electrons. The summed E-state index contributed by atoms with van der Waals surface area (Å²) >= 11 is 0. The van der Waals surface area contributed by atoms with Gasteiger partial charge in [0.2, 0.25) is 5.91 Å². The molecule has 3 N–H and O–H groups in total. The zero-order valence-electron chi connectivity index (χ0n) is 9.56. The summed E-state index contributed by atoms with van der Waals surface area (Å²) in [6.45, 7) is 3.75. The Morgan fingerprint density at radius 2 is 2.25 bits per heavy atom. The molecular formula is C12H17NO3. The zero-order valence-corrected chi connectivity index (χ0v) is 9.56. The van der Waals surface area contributed by atoms with Gasteiger partial charge in [-0.3, -0.25) is 4.79 Å². The maximum atomic E-state index is 10.9. The second-order valence-electron chi connectivity index (χ2n) is 3.84. The molecule has 0 aliphatic rings. The normalized spacial score (nSPS) is 12.2. The topological polar surface area (TPSA) is 72.6 Å². The molecule has 0 aromatic heterocycles. The molecule has 1 rings (SSSR count). The predicted molar refractivity (Wildman–Crippen MR) is 61.0 cm³/mol. The second-order valence-corrected chi connectivity index (χ2v) is 3.84. The molecule has 1 amide bonds. The highest BCUT2D eigenvalue weighted by Crippen LogP contribution is 2.23. The standard InChI is InChI=1S/C12H17NO3/c1-8-4-3-5-10(6-14)11(8)16-7-9(2)12(13)15/h3-5,9,14H,6-7H2,1-2H3,(H2,13,15). The summed E-state index contributed by atoms with van der Waals surface area (Å²) in [5.41, 5.74) is 6.79. The maximum Gasteiger partial charge on any atom is 0.223 e. The van der Waals surface area contributed by atoms with E-state index in [0.29, 0.717) is 5.75 Å². The van der Waals surface area contributed by atoms with Gasteiger partial charge in [-0.25, -0.2) is 0 Å². The molecule has 1 unspecified atom stereocenters. The number of primary amides is 1. The van der Waals surface area contributed by atoms with E-state index >= 15 is 0 Å². The molecule has 1 aromatic rings. The SMILES string of the molecule is Cc1cccc(CO)c1OCC(C)C(N)=O. The van der Waals surface area contributed by atoms with Crippen LogP contribution < -0.4 is 10.5 Å². The fraction of sp³-hybridized carbons (Fsp3) is 0.417. The van der Waals surface area contributed by atoms with Crippen molar-refractivity contribution >= 4 is 5.91 Å². The monoisotopic (exact) mass is 223 g/mol. The van der Waals surface area contributed by atoms with Gasteiger partial charge >= 0.3 is 0 Å². The van der Waals surface area contributed by atoms with Crippen molar-refractivity contribution in [1.82, 2.24) is 0 Å². The van der Waals surface area contributed by atoms with E-state index in [1.807, 2.05) is 19.1 Å². The number of para-hydroxylation sites is 1. The number of rotatable bonds is 5. The summed E-state index contributed by atoms with van der Waals surface area (Å²) < 4.78 is 5.52. The summed E-state index contributed by atoms with van der Waals surface area (Å²) in [6, 6.07) is 5.53. The fourth-order valence-electron chi connectivity index (χ4n) is 1.33. The Morgan fingerprint density at radius 1 is 1.56 bits per heavy atom. The van der Waals surface area contributed by atoms with Crippen LogP contribution in [0.25, 0.3) is 0 Å². The number of carbonyl (C=O) groups excluding carboxylic acids is 1. The molecule has 0 fully saturated rings. The van der Waals surface area contributed by atoms with E-state index in [9.17, 15) is 4.79 Å². The van der Waals surface area contributed by atoms with E-state index in [1.54, 1.807) is 13.0 Å². The van der Waals surface area contributed by atoms with E-state index < -0.39 is 0 Å². The molecule has 0 saturated heterocycles. The van der Waals surface area contributed by atoms with Crippen LogP contribution in [-0.4, -0.2) is 17.6 Å². The molecule has 0 saturated carbocycles. The van der Waals surface area contributed by atoms with Gasteiger partial charge in [0.25, 0.3) is 0 Å². The number of amides is 1. The van der Waals surface area contributed by atoms with E-state index in [4.69, 9.17) is 15.6 Å². The Kier molecular flexibility index (Phi) is 4.31. The van der Waals surface area contributed by atoms with Crippen molar-refractivity contribution in [3.05, 3.63) is 29.3 Å². The Bertz CT molecular complexity index is 377. The summed E-state index contributed by atoms with van der Waals surface area (Å²) in [6.07, 6.45) is 0. The van der Waals surface area contributed by atoms with Crippen molar-refractivity contribution in [2.24, 2.45) is 11.7 Å². The van der Waals surface area contributed by atoms with Crippen molar-refractivity contribution in [2.75, 3.05) is 6.61 Å². The highest BCUT2D eigenvalue weighted by atomic mass is 16.5.